The predicted molar refractivity (Wildman–Crippen MR) is 110 cm³/mol. The van der Waals surface area contributed by atoms with E-state index in [0.29, 0.717) is 12.3 Å². The molecule has 0 radical (unpaired) electrons. The van der Waals surface area contributed by atoms with Gasteiger partial charge in [-0.1, -0.05) is 29.8 Å². The van der Waals surface area contributed by atoms with Crippen LogP contribution in [0.25, 0.3) is 0 Å². The average Bonchev–Trinajstić information content (AvgIpc) is 3.41. The molecule has 4 rings (SSSR count). The van der Waals surface area contributed by atoms with E-state index in [4.69, 9.17) is 0 Å². The zero-order valence-corrected chi connectivity index (χ0v) is 17.3. The molecular weight excluding hydrogens is 372 g/mol. The smallest absolute Gasteiger partial charge is 0.241 e. The minimum Gasteiger partial charge on any atom is -0.309 e. The molecule has 2 unspecified atom stereocenters. The molecule has 1 fully saturated rings. The predicted octanol–water partition coefficient (Wildman–Crippen LogP) is 3.72. The number of carbonyl (C=O) groups is 1. The second-order valence-electron chi connectivity index (χ2n) is 8.08. The monoisotopic (exact) mass is 398 g/mol. The van der Waals surface area contributed by atoms with E-state index in [9.17, 15) is 13.2 Å². The topological polar surface area (TPSA) is 66.5 Å². The van der Waals surface area contributed by atoms with Gasteiger partial charge in [0.2, 0.25) is 15.9 Å². The van der Waals surface area contributed by atoms with E-state index in [1.807, 2.05) is 38.1 Å². The second-order valence-corrected chi connectivity index (χ2v) is 9.79. The number of rotatable bonds is 5. The molecule has 1 N–H and O–H groups in total. The lowest BCUT2D eigenvalue weighted by Crippen LogP contribution is -2.33. The molecule has 0 aromatic heterocycles. The van der Waals surface area contributed by atoms with Gasteiger partial charge >= 0.3 is 0 Å². The third-order valence-corrected chi connectivity index (χ3v) is 7.17. The van der Waals surface area contributed by atoms with Gasteiger partial charge in [0.15, 0.2) is 0 Å². The van der Waals surface area contributed by atoms with E-state index in [1.54, 1.807) is 30.0 Å². The van der Waals surface area contributed by atoms with Crippen molar-refractivity contribution in [2.45, 2.75) is 57.0 Å². The number of benzene rings is 2. The Morgan fingerprint density at radius 2 is 1.82 bits per heavy atom. The van der Waals surface area contributed by atoms with Crippen molar-refractivity contribution in [2.24, 2.45) is 5.92 Å². The van der Waals surface area contributed by atoms with Crippen molar-refractivity contribution < 1.29 is 13.2 Å². The van der Waals surface area contributed by atoms with Crippen molar-refractivity contribution >= 4 is 21.6 Å². The summed E-state index contributed by atoms with van der Waals surface area (Å²) in [5.41, 5.74) is 3.89. The average molecular weight is 399 g/mol. The molecule has 0 spiro atoms. The molecule has 1 aliphatic carbocycles. The van der Waals surface area contributed by atoms with Gasteiger partial charge in [-0.3, -0.25) is 4.79 Å². The van der Waals surface area contributed by atoms with Crippen LogP contribution in [0, 0.1) is 12.8 Å². The van der Waals surface area contributed by atoms with Crippen LogP contribution in [0.1, 0.15) is 49.4 Å². The molecule has 2 aromatic carbocycles. The molecule has 0 bridgehead atoms. The standard InChI is InChI=1S/C22H26N2O3S/c1-14-4-6-17(7-5-14)22(18-8-9-18)23-28(26,27)20-10-11-21-19(13-20)12-15(2)24(21)16(3)25/h4-7,10-11,13,15,18,22-23H,8-9,12H2,1-3H3. The van der Waals surface area contributed by atoms with E-state index >= 15 is 0 Å². The van der Waals surface area contributed by atoms with Gasteiger partial charge in [-0.15, -0.1) is 0 Å². The molecule has 5 nitrogen and oxygen atoms in total. The molecule has 1 amide bonds. The fourth-order valence-electron chi connectivity index (χ4n) is 4.13. The Kier molecular flexibility index (Phi) is 4.79. The summed E-state index contributed by atoms with van der Waals surface area (Å²) in [5.74, 6) is 0.327. The summed E-state index contributed by atoms with van der Waals surface area (Å²) < 4.78 is 29.2. The Morgan fingerprint density at radius 1 is 1.14 bits per heavy atom. The summed E-state index contributed by atoms with van der Waals surface area (Å²) in [6, 6.07) is 13.0. The Balaban J connectivity index is 1.62. The van der Waals surface area contributed by atoms with Crippen LogP contribution in [0.3, 0.4) is 0 Å². The van der Waals surface area contributed by atoms with Crippen molar-refractivity contribution in [1.29, 1.82) is 0 Å². The number of nitrogens with zero attached hydrogens (tertiary/aromatic N) is 1. The summed E-state index contributed by atoms with van der Waals surface area (Å²) in [6.07, 6.45) is 2.75. The highest BCUT2D eigenvalue weighted by molar-refractivity contribution is 7.89. The zero-order chi connectivity index (χ0) is 20.1. The number of hydrogen-bond acceptors (Lipinski definition) is 3. The van der Waals surface area contributed by atoms with Crippen molar-refractivity contribution in [3.63, 3.8) is 0 Å². The number of fused-ring (bicyclic) bond motifs is 1. The van der Waals surface area contributed by atoms with Crippen molar-refractivity contribution in [3.05, 3.63) is 59.2 Å². The zero-order valence-electron chi connectivity index (χ0n) is 16.5. The van der Waals surface area contributed by atoms with Crippen LogP contribution in [0.5, 0.6) is 0 Å². The van der Waals surface area contributed by atoms with E-state index in [-0.39, 0.29) is 22.9 Å². The lowest BCUT2D eigenvalue weighted by atomic mass is 10.0. The normalized spacial score (nSPS) is 20.1. The molecule has 1 heterocycles. The molecule has 148 valence electrons. The van der Waals surface area contributed by atoms with Gasteiger partial charge < -0.3 is 4.90 Å². The van der Waals surface area contributed by atoms with Crippen LogP contribution in [-0.2, 0) is 21.2 Å². The van der Waals surface area contributed by atoms with Gasteiger partial charge in [0.25, 0.3) is 0 Å². The van der Waals surface area contributed by atoms with Crippen LogP contribution in [-0.4, -0.2) is 20.4 Å². The highest BCUT2D eigenvalue weighted by atomic mass is 32.2. The Morgan fingerprint density at radius 3 is 2.43 bits per heavy atom. The maximum absolute atomic E-state index is 13.1. The van der Waals surface area contributed by atoms with Crippen LogP contribution >= 0.6 is 0 Å². The summed E-state index contributed by atoms with van der Waals surface area (Å²) in [7, 11) is -3.65. The van der Waals surface area contributed by atoms with Crippen LogP contribution < -0.4 is 9.62 Å². The first-order chi connectivity index (χ1) is 13.3. The SMILES string of the molecule is CC(=O)N1c2ccc(S(=O)(=O)NC(c3ccc(C)cc3)C3CC3)cc2CC1C. The summed E-state index contributed by atoms with van der Waals surface area (Å²) >= 11 is 0. The first-order valence-electron chi connectivity index (χ1n) is 9.78. The fourth-order valence-corrected chi connectivity index (χ4v) is 5.47. The third-order valence-electron chi connectivity index (χ3n) is 5.73. The largest absolute Gasteiger partial charge is 0.309 e. The van der Waals surface area contributed by atoms with Crippen LogP contribution in [0.4, 0.5) is 5.69 Å². The lowest BCUT2D eigenvalue weighted by molar-refractivity contribution is -0.116. The quantitative estimate of drug-likeness (QED) is 0.835. The number of anilines is 1. The van der Waals surface area contributed by atoms with E-state index in [2.05, 4.69) is 4.72 Å². The number of carbonyl (C=O) groups excluding carboxylic acids is 1. The van der Waals surface area contributed by atoms with Gasteiger partial charge in [0.05, 0.1) is 4.90 Å². The summed E-state index contributed by atoms with van der Waals surface area (Å²) in [5, 5.41) is 0. The van der Waals surface area contributed by atoms with Crippen LogP contribution in [0.15, 0.2) is 47.4 Å². The van der Waals surface area contributed by atoms with E-state index in [0.717, 1.165) is 35.2 Å². The number of hydrogen-bond donors (Lipinski definition) is 1. The van der Waals surface area contributed by atoms with Gasteiger partial charge in [0, 0.05) is 24.7 Å². The number of sulfonamides is 1. The highest BCUT2D eigenvalue weighted by Gasteiger charge is 2.36. The van der Waals surface area contributed by atoms with Gasteiger partial charge in [-0.2, -0.15) is 0 Å². The van der Waals surface area contributed by atoms with E-state index < -0.39 is 10.0 Å². The first-order valence-corrected chi connectivity index (χ1v) is 11.3. The maximum atomic E-state index is 13.1. The lowest BCUT2D eigenvalue weighted by Gasteiger charge is -2.21. The van der Waals surface area contributed by atoms with Crippen molar-refractivity contribution in [1.82, 2.24) is 4.72 Å². The highest BCUT2D eigenvalue weighted by Crippen LogP contribution is 2.42. The number of nitrogens with one attached hydrogen (secondary N) is 1. The number of aryl methyl sites for hydroxylation is 1. The molecule has 1 aliphatic heterocycles. The Bertz CT molecular complexity index is 1010. The van der Waals surface area contributed by atoms with Crippen molar-refractivity contribution in [3.8, 4) is 0 Å². The molecule has 6 heteroatoms. The molecule has 0 saturated heterocycles. The molecule has 2 atom stereocenters. The minimum atomic E-state index is -3.65. The van der Waals surface area contributed by atoms with Gasteiger partial charge in [-0.25, -0.2) is 13.1 Å². The molecule has 2 aromatic rings. The van der Waals surface area contributed by atoms with Gasteiger partial charge in [0.1, 0.15) is 0 Å². The Labute approximate surface area is 166 Å². The fraction of sp³-hybridized carbons (Fsp3) is 0.409. The molecule has 2 aliphatic rings. The third kappa shape index (κ3) is 3.59. The molecule has 28 heavy (non-hydrogen) atoms. The summed E-state index contributed by atoms with van der Waals surface area (Å²) in [4.78, 5) is 13.9. The summed E-state index contributed by atoms with van der Waals surface area (Å²) in [6.45, 7) is 5.55. The van der Waals surface area contributed by atoms with Crippen LogP contribution in [0.2, 0.25) is 0 Å². The second kappa shape index (κ2) is 7.01. The van der Waals surface area contributed by atoms with Gasteiger partial charge in [-0.05, 0) is 68.4 Å². The molecule has 1 saturated carbocycles. The van der Waals surface area contributed by atoms with E-state index in [1.165, 1.54) is 0 Å². The first kappa shape index (κ1) is 19.2. The molecular formula is C22H26N2O3S. The van der Waals surface area contributed by atoms with Crippen molar-refractivity contribution in [2.75, 3.05) is 4.90 Å². The number of amides is 1. The Hall–Kier alpha value is -2.18. The minimum absolute atomic E-state index is 0.0202. The maximum Gasteiger partial charge on any atom is 0.241 e.